The number of carboxylic acids is 1. The van der Waals surface area contributed by atoms with Gasteiger partial charge in [0.15, 0.2) is 0 Å². The molecule has 0 atom stereocenters. The van der Waals surface area contributed by atoms with Crippen LogP contribution in [0.5, 0.6) is 0 Å². The quantitative estimate of drug-likeness (QED) is 0.873. The van der Waals surface area contributed by atoms with Crippen molar-refractivity contribution < 1.29 is 9.90 Å². The number of nitrogens with one attached hydrogen (secondary N) is 1. The second-order valence-electron chi connectivity index (χ2n) is 3.62. The van der Waals surface area contributed by atoms with Crippen LogP contribution in [0.25, 0.3) is 0 Å². The van der Waals surface area contributed by atoms with Gasteiger partial charge in [0.25, 0.3) is 0 Å². The Bertz CT molecular complexity index is 520. The number of hydrogen-bond acceptors (Lipinski definition) is 4. The minimum atomic E-state index is -1.01. The normalized spacial score (nSPS) is 10.2. The third-order valence-electron chi connectivity index (χ3n) is 2.40. The van der Waals surface area contributed by atoms with Crippen molar-refractivity contribution in [3.63, 3.8) is 0 Å². The molecule has 0 aromatic carbocycles. The van der Waals surface area contributed by atoms with Crippen LogP contribution in [-0.2, 0) is 6.54 Å². The van der Waals surface area contributed by atoms with Crippen molar-refractivity contribution in [2.24, 2.45) is 0 Å². The lowest BCUT2D eigenvalue weighted by atomic mass is 10.3. The van der Waals surface area contributed by atoms with E-state index in [1.165, 1.54) is 22.7 Å². The minimum absolute atomic E-state index is 0.0582. The third kappa shape index (κ3) is 2.82. The second-order valence-corrected chi connectivity index (χ2v) is 4.62. The molecule has 0 aliphatic rings. The molecule has 2 rings (SSSR count). The highest BCUT2D eigenvalue weighted by Gasteiger charge is 2.04. The molecule has 0 unspecified atom stereocenters. The van der Waals surface area contributed by atoms with E-state index in [0.29, 0.717) is 0 Å². The van der Waals surface area contributed by atoms with Gasteiger partial charge in [-0.3, -0.25) is 0 Å². The summed E-state index contributed by atoms with van der Waals surface area (Å²) < 4.78 is 0. The summed E-state index contributed by atoms with van der Waals surface area (Å²) >= 11 is 1.70. The molecule has 0 saturated carbocycles. The zero-order chi connectivity index (χ0) is 12.3. The van der Waals surface area contributed by atoms with Crippen LogP contribution >= 0.6 is 11.3 Å². The largest absolute Gasteiger partial charge is 0.477 e. The average Bonchev–Trinajstić information content (AvgIpc) is 2.73. The molecule has 0 radical (unpaired) electrons. The first-order valence-corrected chi connectivity index (χ1v) is 6.01. The topological polar surface area (TPSA) is 62.2 Å². The van der Waals surface area contributed by atoms with Gasteiger partial charge in [-0.25, -0.2) is 9.78 Å². The Morgan fingerprint density at radius 2 is 2.29 bits per heavy atom. The molecule has 2 aromatic heterocycles. The van der Waals surface area contributed by atoms with Gasteiger partial charge in [-0.05, 0) is 36.1 Å². The molecule has 0 bridgehead atoms. The van der Waals surface area contributed by atoms with Crippen molar-refractivity contribution in [1.29, 1.82) is 0 Å². The number of carbonyl (C=O) groups is 1. The van der Waals surface area contributed by atoms with Crippen LogP contribution in [0, 0.1) is 6.92 Å². The third-order valence-corrected chi connectivity index (χ3v) is 3.43. The number of hydrogen-bond donors (Lipinski definition) is 2. The molecular weight excluding hydrogens is 236 g/mol. The summed E-state index contributed by atoms with van der Waals surface area (Å²) in [5.74, 6) is -1.01. The molecule has 0 spiro atoms. The van der Waals surface area contributed by atoms with Gasteiger partial charge >= 0.3 is 5.97 Å². The molecule has 0 amide bonds. The fourth-order valence-electron chi connectivity index (χ4n) is 1.39. The standard InChI is InChI=1S/C12H12N2O2S/c1-8-4-5-17-11(8)7-13-9-2-3-10(12(15)16)14-6-9/h2-6,13H,7H2,1H3,(H,15,16). The summed E-state index contributed by atoms with van der Waals surface area (Å²) in [6, 6.07) is 5.29. The van der Waals surface area contributed by atoms with E-state index in [0.717, 1.165) is 12.2 Å². The van der Waals surface area contributed by atoms with Crippen molar-refractivity contribution in [3.05, 3.63) is 45.9 Å². The van der Waals surface area contributed by atoms with E-state index in [-0.39, 0.29) is 5.69 Å². The van der Waals surface area contributed by atoms with Gasteiger partial charge in [0.2, 0.25) is 0 Å². The summed E-state index contributed by atoms with van der Waals surface area (Å²) in [7, 11) is 0. The highest BCUT2D eigenvalue weighted by molar-refractivity contribution is 7.10. The summed E-state index contributed by atoms with van der Waals surface area (Å²) in [5.41, 5.74) is 2.14. The van der Waals surface area contributed by atoms with E-state index in [1.54, 1.807) is 17.4 Å². The van der Waals surface area contributed by atoms with Crippen molar-refractivity contribution in [3.8, 4) is 0 Å². The number of aromatic carboxylic acids is 1. The smallest absolute Gasteiger partial charge is 0.354 e. The fourth-order valence-corrected chi connectivity index (χ4v) is 2.24. The van der Waals surface area contributed by atoms with Crippen LogP contribution in [0.4, 0.5) is 5.69 Å². The van der Waals surface area contributed by atoms with E-state index in [2.05, 4.69) is 28.7 Å². The molecule has 5 heteroatoms. The molecule has 2 heterocycles. The summed E-state index contributed by atoms with van der Waals surface area (Å²) in [4.78, 5) is 15.7. The number of aromatic nitrogens is 1. The Kier molecular flexibility index (Phi) is 3.39. The van der Waals surface area contributed by atoms with Gasteiger partial charge in [0.05, 0.1) is 11.9 Å². The molecule has 0 aliphatic carbocycles. The number of rotatable bonds is 4. The maximum atomic E-state index is 10.6. The molecule has 0 saturated heterocycles. The van der Waals surface area contributed by atoms with Gasteiger partial charge in [-0.2, -0.15) is 0 Å². The van der Waals surface area contributed by atoms with Crippen LogP contribution in [0.3, 0.4) is 0 Å². The highest BCUT2D eigenvalue weighted by atomic mass is 32.1. The lowest BCUT2D eigenvalue weighted by molar-refractivity contribution is 0.0690. The first kappa shape index (κ1) is 11.6. The molecule has 2 N–H and O–H groups in total. The van der Waals surface area contributed by atoms with Gasteiger partial charge in [0, 0.05) is 11.4 Å². The summed E-state index contributed by atoms with van der Waals surface area (Å²) in [6.07, 6.45) is 1.53. The van der Waals surface area contributed by atoms with E-state index in [4.69, 9.17) is 5.11 Å². The first-order valence-electron chi connectivity index (χ1n) is 5.13. The zero-order valence-corrected chi connectivity index (χ0v) is 10.1. The number of carboxylic acid groups (broad SMARTS) is 1. The molecule has 17 heavy (non-hydrogen) atoms. The van der Waals surface area contributed by atoms with Gasteiger partial charge in [-0.15, -0.1) is 11.3 Å². The van der Waals surface area contributed by atoms with E-state index >= 15 is 0 Å². The van der Waals surface area contributed by atoms with E-state index in [9.17, 15) is 4.79 Å². The minimum Gasteiger partial charge on any atom is -0.477 e. The number of pyridine rings is 1. The van der Waals surface area contributed by atoms with Crippen molar-refractivity contribution in [2.45, 2.75) is 13.5 Å². The number of aryl methyl sites for hydroxylation is 1. The Morgan fingerprint density at radius 1 is 1.47 bits per heavy atom. The van der Waals surface area contributed by atoms with Crippen LogP contribution in [0.15, 0.2) is 29.8 Å². The van der Waals surface area contributed by atoms with Gasteiger partial charge in [0.1, 0.15) is 5.69 Å². The van der Waals surface area contributed by atoms with E-state index < -0.39 is 5.97 Å². The number of nitrogens with zero attached hydrogens (tertiary/aromatic N) is 1. The first-order chi connectivity index (χ1) is 8.16. The Morgan fingerprint density at radius 3 is 2.82 bits per heavy atom. The average molecular weight is 248 g/mol. The maximum absolute atomic E-state index is 10.6. The van der Waals surface area contributed by atoms with Crippen LogP contribution in [0.2, 0.25) is 0 Å². The summed E-state index contributed by atoms with van der Waals surface area (Å²) in [5, 5.41) is 14.0. The summed E-state index contributed by atoms with van der Waals surface area (Å²) in [6.45, 7) is 2.80. The lowest BCUT2D eigenvalue weighted by Gasteiger charge is -2.05. The number of thiophene rings is 1. The Labute approximate surface area is 103 Å². The second kappa shape index (κ2) is 4.97. The number of anilines is 1. The monoisotopic (exact) mass is 248 g/mol. The van der Waals surface area contributed by atoms with Crippen LogP contribution in [-0.4, -0.2) is 16.1 Å². The maximum Gasteiger partial charge on any atom is 0.354 e. The lowest BCUT2D eigenvalue weighted by Crippen LogP contribution is -2.02. The van der Waals surface area contributed by atoms with Crippen molar-refractivity contribution >= 4 is 23.0 Å². The Balaban J connectivity index is 2.00. The van der Waals surface area contributed by atoms with E-state index in [1.807, 2.05) is 0 Å². The molecule has 2 aromatic rings. The molecule has 4 nitrogen and oxygen atoms in total. The molecule has 0 aliphatic heterocycles. The van der Waals surface area contributed by atoms with Gasteiger partial charge < -0.3 is 10.4 Å². The molecular formula is C12H12N2O2S. The van der Waals surface area contributed by atoms with Gasteiger partial charge in [-0.1, -0.05) is 0 Å². The zero-order valence-electron chi connectivity index (χ0n) is 9.30. The Hall–Kier alpha value is -1.88. The highest BCUT2D eigenvalue weighted by Crippen LogP contribution is 2.17. The predicted molar refractivity (Wildman–Crippen MR) is 67.6 cm³/mol. The fraction of sp³-hybridized carbons (Fsp3) is 0.167. The molecule has 88 valence electrons. The van der Waals surface area contributed by atoms with Crippen molar-refractivity contribution in [1.82, 2.24) is 4.98 Å². The van der Waals surface area contributed by atoms with Crippen LogP contribution in [0.1, 0.15) is 20.9 Å². The SMILES string of the molecule is Cc1ccsc1CNc1ccc(C(=O)O)nc1. The van der Waals surface area contributed by atoms with Crippen LogP contribution < -0.4 is 5.32 Å². The van der Waals surface area contributed by atoms with Crippen molar-refractivity contribution in [2.75, 3.05) is 5.32 Å². The predicted octanol–water partition coefficient (Wildman–Crippen LogP) is 2.76. The molecule has 0 fully saturated rings.